The second-order valence-electron chi connectivity index (χ2n) is 5.18. The second kappa shape index (κ2) is 8.77. The van der Waals surface area contributed by atoms with Crippen molar-refractivity contribution in [2.45, 2.75) is 30.3 Å². The summed E-state index contributed by atoms with van der Waals surface area (Å²) >= 11 is 1.04. The van der Waals surface area contributed by atoms with Gasteiger partial charge in [0.25, 0.3) is 0 Å². The van der Waals surface area contributed by atoms with Crippen LogP contribution >= 0.6 is 11.8 Å². The third-order valence-corrected chi connectivity index (χ3v) is 4.38. The number of anilines is 1. The van der Waals surface area contributed by atoms with E-state index < -0.39 is 22.8 Å². The molecule has 1 heterocycles. The number of aromatic amines is 1. The number of halogens is 2. The number of aromatic nitrogens is 3. The van der Waals surface area contributed by atoms with Crippen molar-refractivity contribution in [3.8, 4) is 0 Å². The predicted octanol–water partition coefficient (Wildman–Crippen LogP) is 2.01. The molecule has 1 amide bonds. The molecular formula is C15H18F2N4O3S. The van der Waals surface area contributed by atoms with Gasteiger partial charge in [-0.3, -0.25) is 9.36 Å². The largest absolute Gasteiger partial charge is 0.385 e. The van der Waals surface area contributed by atoms with Crippen molar-refractivity contribution in [2.24, 2.45) is 0 Å². The number of benzene rings is 1. The maximum Gasteiger partial charge on any atom is 0.343 e. The van der Waals surface area contributed by atoms with Gasteiger partial charge in [0.15, 0.2) is 5.16 Å². The average Bonchev–Trinajstić information content (AvgIpc) is 2.91. The minimum atomic E-state index is -0.733. The molecule has 0 bridgehead atoms. The number of ether oxygens (including phenoxy) is 1. The maximum absolute atomic E-state index is 13.6. The molecule has 1 unspecified atom stereocenters. The van der Waals surface area contributed by atoms with Crippen LogP contribution in [0, 0.1) is 11.6 Å². The molecule has 0 radical (unpaired) electrons. The molecule has 1 aromatic carbocycles. The first kappa shape index (κ1) is 19.1. The Morgan fingerprint density at radius 3 is 2.96 bits per heavy atom. The number of rotatable bonds is 8. The van der Waals surface area contributed by atoms with E-state index in [0.29, 0.717) is 24.7 Å². The van der Waals surface area contributed by atoms with E-state index in [2.05, 4.69) is 15.5 Å². The van der Waals surface area contributed by atoms with Crippen molar-refractivity contribution in [1.29, 1.82) is 0 Å². The van der Waals surface area contributed by atoms with Gasteiger partial charge < -0.3 is 10.1 Å². The fraction of sp³-hybridized carbons (Fsp3) is 0.400. The van der Waals surface area contributed by atoms with Crippen molar-refractivity contribution >= 4 is 23.4 Å². The van der Waals surface area contributed by atoms with E-state index in [1.165, 1.54) is 4.57 Å². The predicted molar refractivity (Wildman–Crippen MR) is 89.6 cm³/mol. The Kier molecular flexibility index (Phi) is 6.71. The zero-order chi connectivity index (χ0) is 18.4. The number of hydrogen-bond acceptors (Lipinski definition) is 5. The fourth-order valence-electron chi connectivity index (χ4n) is 2.00. The van der Waals surface area contributed by atoms with Crippen molar-refractivity contribution in [3.63, 3.8) is 0 Å². The van der Waals surface area contributed by atoms with E-state index in [1.54, 1.807) is 14.0 Å². The Bertz CT molecular complexity index is 793. The summed E-state index contributed by atoms with van der Waals surface area (Å²) < 4.78 is 33.1. The molecule has 0 fully saturated rings. The van der Waals surface area contributed by atoms with Crippen LogP contribution in [0.1, 0.15) is 13.3 Å². The van der Waals surface area contributed by atoms with E-state index in [0.717, 1.165) is 30.0 Å². The van der Waals surface area contributed by atoms with Gasteiger partial charge in [0, 0.05) is 26.3 Å². The van der Waals surface area contributed by atoms with Gasteiger partial charge in [0.2, 0.25) is 5.91 Å². The van der Waals surface area contributed by atoms with E-state index in [1.807, 2.05) is 0 Å². The Morgan fingerprint density at radius 2 is 2.24 bits per heavy atom. The lowest BCUT2D eigenvalue weighted by Gasteiger charge is -2.12. The molecule has 7 nitrogen and oxygen atoms in total. The van der Waals surface area contributed by atoms with Gasteiger partial charge in [-0.2, -0.15) is 0 Å². The van der Waals surface area contributed by atoms with Crippen LogP contribution in [0.4, 0.5) is 14.5 Å². The van der Waals surface area contributed by atoms with E-state index in [9.17, 15) is 18.4 Å². The normalized spacial score (nSPS) is 12.2. The quantitative estimate of drug-likeness (QED) is 0.547. The molecule has 2 aromatic rings. The van der Waals surface area contributed by atoms with Crippen LogP contribution in [0.2, 0.25) is 0 Å². The highest BCUT2D eigenvalue weighted by Gasteiger charge is 2.20. The van der Waals surface area contributed by atoms with Crippen LogP contribution in [0.15, 0.2) is 28.2 Å². The number of hydrogen-bond donors (Lipinski definition) is 2. The lowest BCUT2D eigenvalue weighted by Crippen LogP contribution is -2.24. The van der Waals surface area contributed by atoms with Gasteiger partial charge >= 0.3 is 5.69 Å². The molecule has 1 atom stereocenters. The molecular weight excluding hydrogens is 354 g/mol. The van der Waals surface area contributed by atoms with Gasteiger partial charge in [-0.05, 0) is 25.5 Å². The second-order valence-corrected chi connectivity index (χ2v) is 6.49. The number of H-pyrrole nitrogens is 1. The lowest BCUT2D eigenvalue weighted by atomic mass is 10.3. The summed E-state index contributed by atoms with van der Waals surface area (Å²) in [5.41, 5.74) is -0.626. The first-order valence-corrected chi connectivity index (χ1v) is 8.37. The molecule has 136 valence electrons. The van der Waals surface area contributed by atoms with Crippen LogP contribution in [0.25, 0.3) is 0 Å². The lowest BCUT2D eigenvalue weighted by molar-refractivity contribution is -0.115. The maximum atomic E-state index is 13.6. The highest BCUT2D eigenvalue weighted by molar-refractivity contribution is 8.00. The monoisotopic (exact) mass is 372 g/mol. The molecule has 1 aromatic heterocycles. The molecule has 0 spiro atoms. The highest BCUT2D eigenvalue weighted by Crippen LogP contribution is 2.22. The molecule has 25 heavy (non-hydrogen) atoms. The highest BCUT2D eigenvalue weighted by atomic mass is 32.2. The topological polar surface area (TPSA) is 89.0 Å². The van der Waals surface area contributed by atoms with Crippen molar-refractivity contribution in [3.05, 3.63) is 40.3 Å². The van der Waals surface area contributed by atoms with Crippen molar-refractivity contribution < 1.29 is 18.3 Å². The van der Waals surface area contributed by atoms with Crippen LogP contribution in [0.3, 0.4) is 0 Å². The third kappa shape index (κ3) is 5.13. The summed E-state index contributed by atoms with van der Waals surface area (Å²) in [6.07, 6.45) is 0.610. The molecule has 2 N–H and O–H groups in total. The summed E-state index contributed by atoms with van der Waals surface area (Å²) in [4.78, 5) is 24.0. The SMILES string of the molecule is COCCCn1c(SC(C)C(=O)Nc2cc(F)ccc2F)n[nH]c1=O. The van der Waals surface area contributed by atoms with Crippen molar-refractivity contribution in [2.75, 3.05) is 19.0 Å². The number of nitrogens with one attached hydrogen (secondary N) is 2. The molecule has 2 rings (SSSR count). The molecule has 0 saturated heterocycles. The van der Waals surface area contributed by atoms with Crippen LogP contribution in [0.5, 0.6) is 0 Å². The number of carbonyl (C=O) groups excluding carboxylic acids is 1. The third-order valence-electron chi connectivity index (χ3n) is 3.29. The summed E-state index contributed by atoms with van der Waals surface area (Å²) in [6, 6.07) is 2.80. The molecule has 10 heteroatoms. The molecule has 0 aliphatic heterocycles. The van der Waals surface area contributed by atoms with Crippen LogP contribution in [-0.4, -0.2) is 39.6 Å². The number of thioether (sulfide) groups is 1. The van der Waals surface area contributed by atoms with E-state index in [-0.39, 0.29) is 11.4 Å². The summed E-state index contributed by atoms with van der Waals surface area (Å²) in [6.45, 7) is 2.45. The van der Waals surface area contributed by atoms with E-state index in [4.69, 9.17) is 4.74 Å². The minimum absolute atomic E-state index is 0.239. The Hall–Kier alpha value is -2.20. The van der Waals surface area contributed by atoms with Crippen LogP contribution < -0.4 is 11.0 Å². The number of nitrogens with zero attached hydrogens (tertiary/aromatic N) is 2. The minimum Gasteiger partial charge on any atom is -0.385 e. The first-order chi connectivity index (χ1) is 11.9. The van der Waals surface area contributed by atoms with Gasteiger partial charge in [0.1, 0.15) is 11.6 Å². The average molecular weight is 372 g/mol. The number of methoxy groups -OCH3 is 1. The zero-order valence-electron chi connectivity index (χ0n) is 13.7. The Balaban J connectivity index is 2.04. The Labute approximate surface area is 146 Å². The van der Waals surface area contributed by atoms with E-state index >= 15 is 0 Å². The smallest absolute Gasteiger partial charge is 0.343 e. The Morgan fingerprint density at radius 1 is 1.48 bits per heavy atom. The molecule has 0 aliphatic rings. The summed E-state index contributed by atoms with van der Waals surface area (Å²) in [5, 5.41) is 8.20. The van der Waals surface area contributed by atoms with Crippen LogP contribution in [-0.2, 0) is 16.1 Å². The molecule has 0 saturated carbocycles. The standard InChI is InChI=1S/C15H18F2N4O3S/c1-9(13(22)18-12-8-10(16)4-5-11(12)17)25-15-20-19-14(23)21(15)6-3-7-24-2/h4-5,8-9H,3,6-7H2,1-2H3,(H,18,22)(H,19,23). The zero-order valence-corrected chi connectivity index (χ0v) is 14.5. The summed E-state index contributed by atoms with van der Waals surface area (Å²) in [5.74, 6) is -1.92. The molecule has 0 aliphatic carbocycles. The van der Waals surface area contributed by atoms with Gasteiger partial charge in [0.05, 0.1) is 10.9 Å². The van der Waals surface area contributed by atoms with Crippen molar-refractivity contribution in [1.82, 2.24) is 14.8 Å². The van der Waals surface area contributed by atoms with Gasteiger partial charge in [-0.15, -0.1) is 5.10 Å². The fourth-order valence-corrected chi connectivity index (χ4v) is 2.88. The van der Waals surface area contributed by atoms with Gasteiger partial charge in [-0.25, -0.2) is 18.7 Å². The summed E-state index contributed by atoms with van der Waals surface area (Å²) in [7, 11) is 1.56. The van der Waals surface area contributed by atoms with Gasteiger partial charge in [-0.1, -0.05) is 11.8 Å². The number of carbonyl (C=O) groups is 1. The first-order valence-electron chi connectivity index (χ1n) is 7.49. The number of amides is 1.